The minimum absolute atomic E-state index is 0.0309. The average molecular weight is 253 g/mol. The van der Waals surface area contributed by atoms with Crippen molar-refractivity contribution in [1.29, 1.82) is 0 Å². The first-order chi connectivity index (χ1) is 8.08. The Bertz CT molecular complexity index is 507. The Kier molecular flexibility index (Phi) is 3.57. The molecule has 0 amide bonds. The summed E-state index contributed by atoms with van der Waals surface area (Å²) in [4.78, 5) is 16.1. The molecule has 17 heavy (non-hydrogen) atoms. The lowest BCUT2D eigenvalue weighted by Crippen LogP contribution is -2.17. The lowest BCUT2D eigenvalue weighted by Gasteiger charge is -2.09. The zero-order valence-corrected chi connectivity index (χ0v) is 10.7. The minimum atomic E-state index is -0.500. The molecule has 4 nitrogen and oxygen atoms in total. The molecule has 2 heterocycles. The Labute approximate surface area is 104 Å². The third-order valence-electron chi connectivity index (χ3n) is 2.62. The second-order valence-electron chi connectivity index (χ2n) is 4.12. The van der Waals surface area contributed by atoms with Crippen molar-refractivity contribution in [2.24, 2.45) is 4.99 Å². The van der Waals surface area contributed by atoms with Gasteiger partial charge >= 0.3 is 5.63 Å². The second kappa shape index (κ2) is 4.96. The van der Waals surface area contributed by atoms with Gasteiger partial charge < -0.3 is 9.52 Å². The van der Waals surface area contributed by atoms with Gasteiger partial charge in [-0.15, -0.1) is 0 Å². The van der Waals surface area contributed by atoms with Crippen LogP contribution in [0.1, 0.15) is 24.7 Å². The monoisotopic (exact) mass is 253 g/mol. The number of aromatic hydroxyl groups is 1. The average Bonchev–Trinajstić information content (AvgIpc) is 2.41. The summed E-state index contributed by atoms with van der Waals surface area (Å²) in [5, 5.41) is 10.3. The van der Waals surface area contributed by atoms with E-state index in [4.69, 9.17) is 4.42 Å². The Morgan fingerprint density at radius 2 is 2.35 bits per heavy atom. The first kappa shape index (κ1) is 12.2. The standard InChI is InChI=1S/C12H15NO3S/c1-7-5-10(14)11(12(15)16-7)9-6-8(2)17-4-3-13-9/h5,8,14H,3-4,6H2,1-2H3. The van der Waals surface area contributed by atoms with E-state index in [9.17, 15) is 9.90 Å². The zero-order valence-electron chi connectivity index (χ0n) is 9.90. The second-order valence-corrected chi connectivity index (χ2v) is 5.67. The predicted molar refractivity (Wildman–Crippen MR) is 69.3 cm³/mol. The van der Waals surface area contributed by atoms with Crippen LogP contribution in [-0.2, 0) is 0 Å². The topological polar surface area (TPSA) is 62.8 Å². The molecule has 0 spiro atoms. The lowest BCUT2D eigenvalue weighted by molar-refractivity contribution is 0.432. The van der Waals surface area contributed by atoms with Gasteiger partial charge in [0.2, 0.25) is 0 Å². The molecule has 1 aliphatic heterocycles. The van der Waals surface area contributed by atoms with Gasteiger partial charge in [-0.25, -0.2) is 4.79 Å². The van der Waals surface area contributed by atoms with E-state index < -0.39 is 5.63 Å². The first-order valence-electron chi connectivity index (χ1n) is 5.57. The number of hydrogen-bond donors (Lipinski definition) is 1. The molecule has 0 bridgehead atoms. The molecule has 0 saturated carbocycles. The van der Waals surface area contributed by atoms with E-state index in [1.165, 1.54) is 6.07 Å². The molecule has 2 rings (SSSR count). The van der Waals surface area contributed by atoms with E-state index in [2.05, 4.69) is 11.9 Å². The summed E-state index contributed by atoms with van der Waals surface area (Å²) < 4.78 is 5.02. The lowest BCUT2D eigenvalue weighted by atomic mass is 10.1. The third kappa shape index (κ3) is 2.72. The molecule has 1 aromatic rings. The van der Waals surface area contributed by atoms with Crippen molar-refractivity contribution in [3.05, 3.63) is 27.8 Å². The van der Waals surface area contributed by atoms with Crippen molar-refractivity contribution < 1.29 is 9.52 Å². The molecular weight excluding hydrogens is 238 g/mol. The van der Waals surface area contributed by atoms with E-state index >= 15 is 0 Å². The number of aliphatic imine (C=N–C) groups is 1. The van der Waals surface area contributed by atoms with Crippen LogP contribution in [0.25, 0.3) is 0 Å². The number of rotatable bonds is 1. The fraction of sp³-hybridized carbons (Fsp3) is 0.500. The molecule has 1 N–H and O–H groups in total. The molecule has 1 atom stereocenters. The highest BCUT2D eigenvalue weighted by atomic mass is 32.2. The maximum absolute atomic E-state index is 11.8. The largest absolute Gasteiger partial charge is 0.507 e. The predicted octanol–water partition coefficient (Wildman–Crippen LogP) is 1.97. The fourth-order valence-electron chi connectivity index (χ4n) is 1.87. The van der Waals surface area contributed by atoms with Crippen LogP contribution in [0.5, 0.6) is 5.75 Å². The van der Waals surface area contributed by atoms with Crippen LogP contribution in [-0.4, -0.2) is 28.4 Å². The normalized spacial score (nSPS) is 20.8. The van der Waals surface area contributed by atoms with Crippen molar-refractivity contribution in [2.45, 2.75) is 25.5 Å². The maximum Gasteiger partial charge on any atom is 0.348 e. The smallest absolute Gasteiger partial charge is 0.348 e. The van der Waals surface area contributed by atoms with Crippen molar-refractivity contribution in [3.63, 3.8) is 0 Å². The first-order valence-corrected chi connectivity index (χ1v) is 6.62. The van der Waals surface area contributed by atoms with E-state index in [-0.39, 0.29) is 11.3 Å². The SMILES string of the molecule is Cc1cc(O)c(C2=NCCSC(C)C2)c(=O)o1. The molecule has 92 valence electrons. The van der Waals surface area contributed by atoms with Gasteiger partial charge in [0.15, 0.2) is 0 Å². The van der Waals surface area contributed by atoms with Gasteiger partial charge in [0, 0.05) is 30.0 Å². The summed E-state index contributed by atoms with van der Waals surface area (Å²) >= 11 is 1.82. The molecule has 0 fully saturated rings. The van der Waals surface area contributed by atoms with Crippen molar-refractivity contribution in [2.75, 3.05) is 12.3 Å². The molecule has 1 aliphatic rings. The number of aryl methyl sites for hydroxylation is 1. The van der Waals surface area contributed by atoms with E-state index in [1.54, 1.807) is 6.92 Å². The Morgan fingerprint density at radius 1 is 1.59 bits per heavy atom. The van der Waals surface area contributed by atoms with Gasteiger partial charge in [-0.1, -0.05) is 6.92 Å². The van der Waals surface area contributed by atoms with Crippen molar-refractivity contribution >= 4 is 17.5 Å². The van der Waals surface area contributed by atoms with Crippen LogP contribution < -0.4 is 5.63 Å². The number of nitrogens with zero attached hydrogens (tertiary/aromatic N) is 1. The summed E-state index contributed by atoms with van der Waals surface area (Å²) in [7, 11) is 0. The Hall–Kier alpha value is -1.23. The van der Waals surface area contributed by atoms with Gasteiger partial charge in [0.25, 0.3) is 0 Å². The van der Waals surface area contributed by atoms with E-state index in [0.717, 1.165) is 5.75 Å². The van der Waals surface area contributed by atoms with Crippen LogP contribution in [0.3, 0.4) is 0 Å². The Morgan fingerprint density at radius 3 is 3.06 bits per heavy atom. The van der Waals surface area contributed by atoms with Crippen LogP contribution in [0, 0.1) is 6.92 Å². The molecule has 5 heteroatoms. The van der Waals surface area contributed by atoms with Gasteiger partial charge in [-0.2, -0.15) is 11.8 Å². The van der Waals surface area contributed by atoms with Gasteiger partial charge in [-0.3, -0.25) is 4.99 Å². The zero-order chi connectivity index (χ0) is 12.4. The molecule has 0 saturated heterocycles. The van der Waals surface area contributed by atoms with E-state index in [1.807, 2.05) is 11.8 Å². The van der Waals surface area contributed by atoms with Gasteiger partial charge in [0.05, 0.1) is 5.71 Å². The highest BCUT2D eigenvalue weighted by Gasteiger charge is 2.20. The quantitative estimate of drug-likeness (QED) is 0.831. The summed E-state index contributed by atoms with van der Waals surface area (Å²) in [6.07, 6.45) is 0.687. The number of hydrogen-bond acceptors (Lipinski definition) is 5. The fourth-order valence-corrected chi connectivity index (χ4v) is 2.75. The maximum atomic E-state index is 11.8. The summed E-state index contributed by atoms with van der Waals surface area (Å²) in [6, 6.07) is 1.46. The van der Waals surface area contributed by atoms with Crippen molar-refractivity contribution in [1.82, 2.24) is 0 Å². The summed E-state index contributed by atoms with van der Waals surface area (Å²) in [5.74, 6) is 1.33. The molecule has 0 radical (unpaired) electrons. The van der Waals surface area contributed by atoms with Gasteiger partial charge in [0.1, 0.15) is 17.1 Å². The van der Waals surface area contributed by atoms with E-state index in [0.29, 0.717) is 29.7 Å². The van der Waals surface area contributed by atoms with Crippen LogP contribution >= 0.6 is 11.8 Å². The Balaban J connectivity index is 2.46. The van der Waals surface area contributed by atoms with Crippen LogP contribution in [0.2, 0.25) is 0 Å². The highest BCUT2D eigenvalue weighted by Crippen LogP contribution is 2.23. The molecule has 0 aliphatic carbocycles. The van der Waals surface area contributed by atoms with Crippen molar-refractivity contribution in [3.8, 4) is 5.75 Å². The molecule has 1 aromatic heterocycles. The highest BCUT2D eigenvalue weighted by molar-refractivity contribution is 7.99. The summed E-state index contributed by atoms with van der Waals surface area (Å²) in [5.41, 5.74) is 0.388. The van der Waals surface area contributed by atoms with Gasteiger partial charge in [-0.05, 0) is 6.92 Å². The van der Waals surface area contributed by atoms with Crippen LogP contribution in [0.15, 0.2) is 20.3 Å². The minimum Gasteiger partial charge on any atom is -0.507 e. The third-order valence-corrected chi connectivity index (χ3v) is 3.77. The molecule has 1 unspecified atom stereocenters. The summed E-state index contributed by atoms with van der Waals surface area (Å²) in [6.45, 7) is 4.41. The number of thioether (sulfide) groups is 1. The molecular formula is C12H15NO3S. The molecule has 0 aromatic carbocycles. The van der Waals surface area contributed by atoms with Crippen LogP contribution in [0.4, 0.5) is 0 Å².